The van der Waals surface area contributed by atoms with E-state index in [-0.39, 0.29) is 44.7 Å². The summed E-state index contributed by atoms with van der Waals surface area (Å²) in [5.74, 6) is -1.30. The molecule has 3 heterocycles. The maximum absolute atomic E-state index is 12.8. The molecule has 1 N–H and O–H groups in total. The number of para-hydroxylation sites is 1. The van der Waals surface area contributed by atoms with Gasteiger partial charge in [0, 0.05) is 45.3 Å². The number of esters is 4. The number of aromatic nitrogens is 4. The van der Waals surface area contributed by atoms with Crippen LogP contribution >= 0.6 is 0 Å². The average Bonchev–Trinajstić information content (AvgIpc) is 3.56. The minimum atomic E-state index is -0.991. The molecule has 0 bridgehead atoms. The summed E-state index contributed by atoms with van der Waals surface area (Å²) in [7, 11) is 0. The Morgan fingerprint density at radius 3 is 2.25 bits per heavy atom. The fourth-order valence-corrected chi connectivity index (χ4v) is 6.01. The number of anilines is 1. The number of hydrogen-bond donors (Lipinski definition) is 1. The fraction of sp³-hybridized carbons (Fsp3) is 0.385. The lowest BCUT2D eigenvalue weighted by Crippen LogP contribution is -2.40. The van der Waals surface area contributed by atoms with Crippen molar-refractivity contribution in [3.63, 3.8) is 0 Å². The van der Waals surface area contributed by atoms with Gasteiger partial charge < -0.3 is 33.9 Å². The summed E-state index contributed by atoms with van der Waals surface area (Å²) in [6.07, 6.45) is 3.02. The number of carbonyl (C=O) groups excluding carboxylic acids is 5. The first kappa shape index (κ1) is 39.9. The standard InChI is InChI=1S/C39H44N6O10/c1-5-33(48)44-17-9-10-29(20-44)45-39-36(37(43-45)28-13-15-31(16-14-28)54-30-11-7-6-8-12-30)38(40-23-41-39)42-24-53-34(49)18-25(2)19-35(50)55-32(21-51-26(3)46)22-52-27(4)47/h5-8,11-16,23,25,29,32H,1,9-10,17-22,24H2,2-4H3,(H,40,41,42)/t25?,29-/m1/s1. The van der Waals surface area contributed by atoms with Crippen LogP contribution in [0.4, 0.5) is 5.82 Å². The molecule has 0 aliphatic carbocycles. The minimum Gasteiger partial charge on any atom is -0.462 e. The van der Waals surface area contributed by atoms with E-state index < -0.39 is 35.9 Å². The smallest absolute Gasteiger partial charge is 0.307 e. The van der Waals surface area contributed by atoms with Crippen LogP contribution in [-0.4, -0.2) is 93.6 Å². The molecule has 1 aliphatic heterocycles. The van der Waals surface area contributed by atoms with Crippen molar-refractivity contribution in [2.24, 2.45) is 5.92 Å². The van der Waals surface area contributed by atoms with Crippen LogP contribution in [0.3, 0.4) is 0 Å². The van der Waals surface area contributed by atoms with Crippen LogP contribution in [0.5, 0.6) is 11.5 Å². The number of ether oxygens (including phenoxy) is 5. The van der Waals surface area contributed by atoms with Crippen molar-refractivity contribution < 1.29 is 47.7 Å². The van der Waals surface area contributed by atoms with Gasteiger partial charge in [-0.2, -0.15) is 5.10 Å². The van der Waals surface area contributed by atoms with Crippen molar-refractivity contribution in [2.45, 2.75) is 58.6 Å². The Morgan fingerprint density at radius 2 is 1.58 bits per heavy atom. The summed E-state index contributed by atoms with van der Waals surface area (Å²) in [5.41, 5.74) is 1.88. The fourth-order valence-electron chi connectivity index (χ4n) is 6.01. The molecule has 1 amide bonds. The highest BCUT2D eigenvalue weighted by molar-refractivity contribution is 5.99. The van der Waals surface area contributed by atoms with Crippen molar-refractivity contribution in [2.75, 3.05) is 38.4 Å². The zero-order valence-electron chi connectivity index (χ0n) is 31.0. The lowest BCUT2D eigenvalue weighted by molar-refractivity contribution is -0.166. The Hall–Kier alpha value is -6.32. The van der Waals surface area contributed by atoms with Crippen LogP contribution in [0.2, 0.25) is 0 Å². The van der Waals surface area contributed by atoms with Gasteiger partial charge in [-0.25, -0.2) is 14.6 Å². The van der Waals surface area contributed by atoms with Crippen LogP contribution in [-0.2, 0) is 42.9 Å². The predicted molar refractivity (Wildman–Crippen MR) is 198 cm³/mol. The van der Waals surface area contributed by atoms with Gasteiger partial charge in [-0.3, -0.25) is 24.0 Å². The van der Waals surface area contributed by atoms with Crippen molar-refractivity contribution >= 4 is 46.6 Å². The molecule has 5 rings (SSSR count). The van der Waals surface area contributed by atoms with Crippen LogP contribution in [0, 0.1) is 5.92 Å². The van der Waals surface area contributed by atoms with Crippen LogP contribution in [0.1, 0.15) is 52.5 Å². The highest BCUT2D eigenvalue weighted by atomic mass is 16.6. The summed E-state index contributed by atoms with van der Waals surface area (Å²) >= 11 is 0. The average molecular weight is 757 g/mol. The first-order valence-corrected chi connectivity index (χ1v) is 17.8. The molecule has 16 nitrogen and oxygen atoms in total. The molecule has 4 aromatic rings. The normalized spacial score (nSPS) is 14.5. The molecule has 0 saturated carbocycles. The topological polar surface area (TPSA) is 190 Å². The van der Waals surface area contributed by atoms with Crippen LogP contribution in [0.25, 0.3) is 22.3 Å². The SMILES string of the molecule is C=CC(=O)N1CCC[C@@H](n2nc(-c3ccc(Oc4ccccc4)cc3)c3c(NCOC(=O)CC(C)CC(=O)OC(COC(C)=O)COC(C)=O)ncnc32)C1. The third-order valence-corrected chi connectivity index (χ3v) is 8.57. The van der Waals surface area contributed by atoms with Crippen molar-refractivity contribution in [3.05, 3.63) is 73.6 Å². The molecule has 0 radical (unpaired) electrons. The molecule has 290 valence electrons. The Morgan fingerprint density at radius 1 is 0.909 bits per heavy atom. The van der Waals surface area contributed by atoms with Gasteiger partial charge in [0.15, 0.2) is 18.5 Å². The Balaban J connectivity index is 1.28. The number of rotatable bonds is 17. The number of amides is 1. The molecule has 0 spiro atoms. The van der Waals surface area contributed by atoms with Crippen molar-refractivity contribution in [1.29, 1.82) is 0 Å². The zero-order valence-corrected chi connectivity index (χ0v) is 31.0. The largest absolute Gasteiger partial charge is 0.462 e. The molecular weight excluding hydrogens is 712 g/mol. The molecule has 2 aromatic carbocycles. The van der Waals surface area contributed by atoms with E-state index in [1.807, 2.05) is 59.3 Å². The second kappa shape index (κ2) is 19.1. The van der Waals surface area contributed by atoms with E-state index in [1.165, 1.54) is 26.3 Å². The Kier molecular flexibility index (Phi) is 13.9. The number of carbonyl (C=O) groups is 5. The number of nitrogens with one attached hydrogen (secondary N) is 1. The third kappa shape index (κ3) is 11.3. The lowest BCUT2D eigenvalue weighted by atomic mass is 10.0. The molecule has 2 aromatic heterocycles. The van der Waals surface area contributed by atoms with Gasteiger partial charge in [0.05, 0.1) is 11.4 Å². The number of piperidine rings is 1. The maximum Gasteiger partial charge on any atom is 0.307 e. The maximum atomic E-state index is 12.8. The summed E-state index contributed by atoms with van der Waals surface area (Å²) in [6.45, 7) is 7.97. The monoisotopic (exact) mass is 756 g/mol. The van der Waals surface area contributed by atoms with Gasteiger partial charge in [0.2, 0.25) is 5.91 Å². The first-order valence-electron chi connectivity index (χ1n) is 17.8. The molecule has 1 saturated heterocycles. The molecule has 2 atom stereocenters. The van der Waals surface area contributed by atoms with E-state index in [1.54, 1.807) is 11.8 Å². The predicted octanol–water partition coefficient (Wildman–Crippen LogP) is 5.00. The molecule has 1 aliphatic rings. The summed E-state index contributed by atoms with van der Waals surface area (Å²) in [4.78, 5) is 71.1. The first-order chi connectivity index (χ1) is 26.5. The molecule has 1 unspecified atom stereocenters. The quantitative estimate of drug-likeness (QED) is 0.0655. The third-order valence-electron chi connectivity index (χ3n) is 8.57. The lowest BCUT2D eigenvalue weighted by Gasteiger charge is -2.32. The summed E-state index contributed by atoms with van der Waals surface area (Å²) < 4.78 is 28.4. The number of fused-ring (bicyclic) bond motifs is 1. The zero-order chi connectivity index (χ0) is 39.3. The highest BCUT2D eigenvalue weighted by Gasteiger charge is 2.29. The second-order valence-corrected chi connectivity index (χ2v) is 13.0. The van der Waals surface area contributed by atoms with Crippen LogP contribution in [0.15, 0.2) is 73.6 Å². The Bertz CT molecular complexity index is 1970. The van der Waals surface area contributed by atoms with E-state index in [2.05, 4.69) is 21.9 Å². The molecule has 16 heteroatoms. The van der Waals surface area contributed by atoms with E-state index in [4.69, 9.17) is 28.8 Å². The van der Waals surface area contributed by atoms with Crippen molar-refractivity contribution in [1.82, 2.24) is 24.6 Å². The van der Waals surface area contributed by atoms with Gasteiger partial charge in [0.1, 0.15) is 42.6 Å². The summed E-state index contributed by atoms with van der Waals surface area (Å²) in [5, 5.41) is 8.70. The molecule has 55 heavy (non-hydrogen) atoms. The molecular formula is C39H44N6O10. The van der Waals surface area contributed by atoms with E-state index in [9.17, 15) is 24.0 Å². The number of hydrogen-bond acceptors (Lipinski definition) is 14. The number of benzene rings is 2. The number of likely N-dealkylation sites (tertiary alicyclic amines) is 1. The van der Waals surface area contributed by atoms with Gasteiger partial charge >= 0.3 is 23.9 Å². The highest BCUT2D eigenvalue weighted by Crippen LogP contribution is 2.36. The minimum absolute atomic E-state index is 0.100. The van der Waals surface area contributed by atoms with Gasteiger partial charge in [-0.05, 0) is 61.2 Å². The van der Waals surface area contributed by atoms with Gasteiger partial charge in [-0.15, -0.1) is 0 Å². The van der Waals surface area contributed by atoms with Gasteiger partial charge in [-0.1, -0.05) is 31.7 Å². The summed E-state index contributed by atoms with van der Waals surface area (Å²) in [6, 6.07) is 16.7. The second-order valence-electron chi connectivity index (χ2n) is 13.0. The van der Waals surface area contributed by atoms with Crippen LogP contribution < -0.4 is 10.1 Å². The van der Waals surface area contributed by atoms with E-state index in [0.29, 0.717) is 47.1 Å². The molecule has 1 fully saturated rings. The Labute approximate surface area is 317 Å². The van der Waals surface area contributed by atoms with Gasteiger partial charge in [0.25, 0.3) is 0 Å². The number of nitrogens with zero attached hydrogens (tertiary/aromatic N) is 5. The van der Waals surface area contributed by atoms with E-state index >= 15 is 0 Å². The van der Waals surface area contributed by atoms with E-state index in [0.717, 1.165) is 18.4 Å². The van der Waals surface area contributed by atoms with Crippen molar-refractivity contribution in [3.8, 4) is 22.8 Å².